The highest BCUT2D eigenvalue weighted by atomic mass is 35.5. The van der Waals surface area contributed by atoms with E-state index in [2.05, 4.69) is 35.2 Å². The first-order valence-corrected chi connectivity index (χ1v) is 9.24. The number of thioether (sulfide) groups is 1. The van der Waals surface area contributed by atoms with Crippen LogP contribution in [0.5, 0.6) is 5.88 Å². The van der Waals surface area contributed by atoms with Crippen LogP contribution in [0.25, 0.3) is 11.2 Å². The number of nitrogens with zero attached hydrogens (tertiary/aromatic N) is 5. The second-order valence-electron chi connectivity index (χ2n) is 5.94. The van der Waals surface area contributed by atoms with Gasteiger partial charge in [-0.05, 0) is 19.3 Å². The zero-order valence-electron chi connectivity index (χ0n) is 14.2. The lowest BCUT2D eigenvalue weighted by molar-refractivity contribution is -0.120. The van der Waals surface area contributed by atoms with Crippen molar-refractivity contribution in [2.24, 2.45) is 0 Å². The monoisotopic (exact) mass is 406 g/mol. The molecule has 4 rings (SSSR count). The number of nitrogen functional groups attached to an aromatic ring is 1. The van der Waals surface area contributed by atoms with Gasteiger partial charge in [0.2, 0.25) is 23.7 Å². The third kappa shape index (κ3) is 3.23. The number of anilines is 2. The molecule has 10 nitrogen and oxygen atoms in total. The highest BCUT2D eigenvalue weighted by Gasteiger charge is 2.46. The molecule has 1 fully saturated rings. The number of methoxy groups -OCH3 is 1. The Morgan fingerprint density at radius 2 is 2.19 bits per heavy atom. The Bertz CT molecular complexity index is 1020. The zero-order valence-corrected chi connectivity index (χ0v) is 15.8. The summed E-state index contributed by atoms with van der Waals surface area (Å²) in [6.07, 6.45) is 5.20. The van der Waals surface area contributed by atoms with Gasteiger partial charge in [-0.2, -0.15) is 9.97 Å². The lowest BCUT2D eigenvalue weighted by atomic mass is 9.83. The number of ether oxygens (including phenoxy) is 1. The fourth-order valence-corrected chi connectivity index (χ4v) is 4.29. The Morgan fingerprint density at radius 1 is 1.37 bits per heavy atom. The molecule has 3 heterocycles. The van der Waals surface area contributed by atoms with Crippen LogP contribution in [0.1, 0.15) is 19.3 Å². The molecule has 0 bridgehead atoms. The molecule has 3 aromatic rings. The highest BCUT2D eigenvalue weighted by Crippen LogP contribution is 2.49. The van der Waals surface area contributed by atoms with Gasteiger partial charge in [0.25, 0.3) is 0 Å². The lowest BCUT2D eigenvalue weighted by Crippen LogP contribution is -2.46. The minimum atomic E-state index is -0.699. The maximum Gasteiger partial charge on any atom is 0.243 e. The summed E-state index contributed by atoms with van der Waals surface area (Å²) in [5.41, 5.74) is 6.89. The number of carbonyl (C=O) groups is 1. The molecule has 0 spiro atoms. The van der Waals surface area contributed by atoms with Crippen LogP contribution in [0.3, 0.4) is 0 Å². The van der Waals surface area contributed by atoms with E-state index in [1.807, 2.05) is 0 Å². The van der Waals surface area contributed by atoms with Crippen molar-refractivity contribution in [1.29, 1.82) is 0 Å². The summed E-state index contributed by atoms with van der Waals surface area (Å²) in [5.74, 6) is 0.216. The van der Waals surface area contributed by atoms with E-state index in [0.29, 0.717) is 29.0 Å². The molecule has 1 aliphatic carbocycles. The number of carbonyl (C=O) groups excluding carboxylic acids is 1. The number of rotatable bonds is 5. The second kappa shape index (κ2) is 6.82. The molecule has 0 saturated heterocycles. The van der Waals surface area contributed by atoms with Crippen LogP contribution >= 0.6 is 23.4 Å². The normalized spacial score (nSPS) is 15.3. The van der Waals surface area contributed by atoms with Gasteiger partial charge in [-0.1, -0.05) is 23.4 Å². The highest BCUT2D eigenvalue weighted by molar-refractivity contribution is 8.01. The Morgan fingerprint density at radius 3 is 2.89 bits per heavy atom. The molecular formula is C15H15ClN8O2S. The quantitative estimate of drug-likeness (QED) is 0.541. The van der Waals surface area contributed by atoms with Gasteiger partial charge in [0.15, 0.2) is 5.65 Å². The van der Waals surface area contributed by atoms with E-state index in [1.54, 1.807) is 0 Å². The van der Waals surface area contributed by atoms with Gasteiger partial charge in [-0.15, -0.1) is 0 Å². The van der Waals surface area contributed by atoms with Crippen molar-refractivity contribution in [3.63, 3.8) is 0 Å². The van der Waals surface area contributed by atoms with E-state index in [9.17, 15) is 4.79 Å². The Balaban J connectivity index is 1.60. The molecule has 0 unspecified atom stereocenters. The van der Waals surface area contributed by atoms with E-state index in [-0.39, 0.29) is 28.7 Å². The van der Waals surface area contributed by atoms with Crippen molar-refractivity contribution >= 4 is 52.3 Å². The minimum Gasteiger partial charge on any atom is -0.480 e. The molecular weight excluding hydrogens is 392 g/mol. The van der Waals surface area contributed by atoms with Crippen LogP contribution in [0, 0.1) is 0 Å². The smallest absolute Gasteiger partial charge is 0.243 e. The number of nitrogens with one attached hydrogen (secondary N) is 2. The third-order valence-electron chi connectivity index (χ3n) is 4.27. The summed E-state index contributed by atoms with van der Waals surface area (Å²) in [4.78, 5) is 36.6. The van der Waals surface area contributed by atoms with Crippen LogP contribution in [0.15, 0.2) is 17.6 Å². The average molecular weight is 407 g/mol. The predicted octanol–water partition coefficient (Wildman–Crippen LogP) is 2.04. The number of amides is 1. The lowest BCUT2D eigenvalue weighted by Gasteiger charge is -2.38. The fourth-order valence-electron chi connectivity index (χ4n) is 2.73. The van der Waals surface area contributed by atoms with Crippen molar-refractivity contribution in [1.82, 2.24) is 29.9 Å². The summed E-state index contributed by atoms with van der Waals surface area (Å²) >= 11 is 7.27. The summed E-state index contributed by atoms with van der Waals surface area (Å²) in [6, 6.07) is 0. The number of imidazole rings is 1. The van der Waals surface area contributed by atoms with Crippen LogP contribution in [-0.2, 0) is 4.79 Å². The van der Waals surface area contributed by atoms with Crippen molar-refractivity contribution in [3.05, 3.63) is 17.5 Å². The molecule has 0 radical (unpaired) electrons. The summed E-state index contributed by atoms with van der Waals surface area (Å²) in [5, 5.41) is 3.59. The number of aromatic nitrogens is 6. The van der Waals surface area contributed by atoms with E-state index in [4.69, 9.17) is 22.1 Å². The van der Waals surface area contributed by atoms with Gasteiger partial charge in [-0.25, -0.2) is 15.0 Å². The average Bonchev–Trinajstić information content (AvgIpc) is 3.07. The van der Waals surface area contributed by atoms with Crippen molar-refractivity contribution < 1.29 is 9.53 Å². The largest absolute Gasteiger partial charge is 0.480 e. The molecule has 27 heavy (non-hydrogen) atoms. The third-order valence-corrected chi connectivity index (χ3v) is 6.00. The van der Waals surface area contributed by atoms with Crippen LogP contribution in [0.4, 0.5) is 11.9 Å². The number of hydrogen-bond donors (Lipinski definition) is 3. The SMILES string of the molecule is COc1nc(NC(=O)C2(Sc3nc(N)nc4nc[nH]c34)CCC2)ncc1Cl. The topological polar surface area (TPSA) is 145 Å². The first-order chi connectivity index (χ1) is 13.0. The maximum atomic E-state index is 13.0. The molecule has 1 saturated carbocycles. The number of halogens is 1. The number of nitrogens with two attached hydrogens (primary N) is 1. The molecule has 140 valence electrons. The molecule has 1 aliphatic rings. The fraction of sp³-hybridized carbons (Fsp3) is 0.333. The van der Waals surface area contributed by atoms with Gasteiger partial charge >= 0.3 is 0 Å². The Labute approximate surface area is 162 Å². The molecule has 1 amide bonds. The molecule has 0 aliphatic heterocycles. The summed E-state index contributed by atoms with van der Waals surface area (Å²) < 4.78 is 4.36. The number of hydrogen-bond acceptors (Lipinski definition) is 9. The van der Waals surface area contributed by atoms with E-state index in [0.717, 1.165) is 6.42 Å². The number of fused-ring (bicyclic) bond motifs is 1. The summed E-state index contributed by atoms with van der Waals surface area (Å²) in [7, 11) is 1.44. The van der Waals surface area contributed by atoms with Gasteiger partial charge in [0, 0.05) is 0 Å². The first kappa shape index (κ1) is 17.7. The van der Waals surface area contributed by atoms with Gasteiger partial charge in [0.1, 0.15) is 20.3 Å². The standard InChI is InChI=1S/C15H15ClN8O2S/c1-26-10-7(16)5-18-14(22-10)24-12(25)15(3-2-4-15)27-11-8-9(20-6-19-8)21-13(17)23-11/h5-6H,2-4H2,1H3,(H,18,22,24,25)(H3,17,19,20,21,23). The Hall–Kier alpha value is -2.66. The van der Waals surface area contributed by atoms with Crippen LogP contribution in [0.2, 0.25) is 5.02 Å². The number of H-pyrrole nitrogens is 1. The molecule has 3 aromatic heterocycles. The molecule has 0 aromatic carbocycles. The molecule has 4 N–H and O–H groups in total. The van der Waals surface area contributed by atoms with Crippen LogP contribution < -0.4 is 15.8 Å². The van der Waals surface area contributed by atoms with Crippen LogP contribution in [-0.4, -0.2) is 47.7 Å². The minimum absolute atomic E-state index is 0.109. The van der Waals surface area contributed by atoms with Crippen molar-refractivity contribution in [2.45, 2.75) is 29.0 Å². The second-order valence-corrected chi connectivity index (χ2v) is 7.72. The van der Waals surface area contributed by atoms with E-state index in [1.165, 1.54) is 31.4 Å². The molecule has 0 atom stereocenters. The Kier molecular flexibility index (Phi) is 4.48. The van der Waals surface area contributed by atoms with Crippen molar-refractivity contribution in [2.75, 3.05) is 18.2 Å². The zero-order chi connectivity index (χ0) is 19.0. The first-order valence-electron chi connectivity index (χ1n) is 8.04. The number of aromatic amines is 1. The van der Waals surface area contributed by atoms with E-state index >= 15 is 0 Å². The van der Waals surface area contributed by atoms with Gasteiger partial charge in [-0.3, -0.25) is 10.1 Å². The summed E-state index contributed by atoms with van der Waals surface area (Å²) in [6.45, 7) is 0. The van der Waals surface area contributed by atoms with Gasteiger partial charge < -0.3 is 15.5 Å². The van der Waals surface area contributed by atoms with E-state index < -0.39 is 4.75 Å². The molecule has 12 heteroatoms. The van der Waals surface area contributed by atoms with Crippen molar-refractivity contribution in [3.8, 4) is 5.88 Å². The van der Waals surface area contributed by atoms with Gasteiger partial charge in [0.05, 0.1) is 19.6 Å². The maximum absolute atomic E-state index is 13.0. The predicted molar refractivity (Wildman–Crippen MR) is 101 cm³/mol.